The normalized spacial score (nSPS) is 11.0. The number of H-pyrrole nitrogens is 1. The Morgan fingerprint density at radius 3 is 2.47 bits per heavy atom. The highest BCUT2D eigenvalue weighted by atomic mass is 14.8. The molecular formula is C17H18N2. The third kappa shape index (κ3) is 2.85. The van der Waals surface area contributed by atoms with Crippen molar-refractivity contribution in [3.05, 3.63) is 71.4 Å². The Hall–Kier alpha value is -2.06. The van der Waals surface area contributed by atoms with E-state index in [0.717, 1.165) is 13.1 Å². The van der Waals surface area contributed by atoms with Crippen molar-refractivity contribution in [3.63, 3.8) is 0 Å². The van der Waals surface area contributed by atoms with Crippen LogP contribution in [0.15, 0.2) is 54.7 Å². The zero-order chi connectivity index (χ0) is 13.1. The summed E-state index contributed by atoms with van der Waals surface area (Å²) in [4.78, 5) is 3.25. The molecule has 0 aliphatic rings. The number of aryl methyl sites for hydroxylation is 1. The summed E-state index contributed by atoms with van der Waals surface area (Å²) >= 11 is 0. The third-order valence-corrected chi connectivity index (χ3v) is 3.40. The van der Waals surface area contributed by atoms with Gasteiger partial charge in [-0.1, -0.05) is 42.0 Å². The maximum Gasteiger partial charge on any atom is 0.0457 e. The van der Waals surface area contributed by atoms with Crippen LogP contribution >= 0.6 is 0 Å². The van der Waals surface area contributed by atoms with Gasteiger partial charge in [0, 0.05) is 24.8 Å². The number of rotatable bonds is 4. The lowest BCUT2D eigenvalue weighted by Gasteiger charge is -2.06. The Morgan fingerprint density at radius 2 is 1.63 bits per heavy atom. The zero-order valence-corrected chi connectivity index (χ0v) is 11.1. The lowest BCUT2D eigenvalue weighted by molar-refractivity contribution is 0.694. The van der Waals surface area contributed by atoms with E-state index >= 15 is 0 Å². The summed E-state index contributed by atoms with van der Waals surface area (Å²) in [5.41, 5.74) is 5.14. The van der Waals surface area contributed by atoms with Gasteiger partial charge in [0.2, 0.25) is 0 Å². The Bertz CT molecular complexity index is 665. The smallest absolute Gasteiger partial charge is 0.0457 e. The van der Waals surface area contributed by atoms with E-state index in [-0.39, 0.29) is 0 Å². The third-order valence-electron chi connectivity index (χ3n) is 3.40. The van der Waals surface area contributed by atoms with Crippen molar-refractivity contribution in [3.8, 4) is 0 Å². The number of fused-ring (bicyclic) bond motifs is 1. The number of nitrogens with one attached hydrogen (secondary N) is 2. The highest BCUT2D eigenvalue weighted by Gasteiger charge is 1.98. The van der Waals surface area contributed by atoms with Gasteiger partial charge in [-0.2, -0.15) is 0 Å². The van der Waals surface area contributed by atoms with Gasteiger partial charge in [0.1, 0.15) is 0 Å². The molecule has 96 valence electrons. The van der Waals surface area contributed by atoms with Crippen LogP contribution in [0.1, 0.15) is 16.7 Å². The van der Waals surface area contributed by atoms with Crippen LogP contribution in [0.2, 0.25) is 0 Å². The van der Waals surface area contributed by atoms with Crippen molar-refractivity contribution in [2.24, 2.45) is 0 Å². The fourth-order valence-electron chi connectivity index (χ4n) is 2.26. The Balaban J connectivity index is 1.61. The summed E-state index contributed by atoms with van der Waals surface area (Å²) in [5.74, 6) is 0. The fraction of sp³-hybridized carbons (Fsp3) is 0.176. The second-order valence-electron chi connectivity index (χ2n) is 4.99. The van der Waals surface area contributed by atoms with E-state index in [9.17, 15) is 0 Å². The van der Waals surface area contributed by atoms with E-state index in [2.05, 4.69) is 65.8 Å². The van der Waals surface area contributed by atoms with E-state index in [0.29, 0.717) is 0 Å². The summed E-state index contributed by atoms with van der Waals surface area (Å²) in [6.45, 7) is 3.91. The predicted molar refractivity (Wildman–Crippen MR) is 80.0 cm³/mol. The largest absolute Gasteiger partial charge is 0.361 e. The van der Waals surface area contributed by atoms with E-state index in [1.807, 2.05) is 6.20 Å². The minimum absolute atomic E-state index is 0.892. The molecule has 2 heteroatoms. The predicted octanol–water partition coefficient (Wildman–Crippen LogP) is 3.77. The van der Waals surface area contributed by atoms with Gasteiger partial charge in [-0.15, -0.1) is 0 Å². The number of hydrogen-bond donors (Lipinski definition) is 2. The molecule has 0 saturated carbocycles. The maximum absolute atomic E-state index is 3.48. The molecule has 0 unspecified atom stereocenters. The first-order valence-corrected chi connectivity index (χ1v) is 6.63. The lowest BCUT2D eigenvalue weighted by atomic mass is 10.1. The number of hydrogen-bond acceptors (Lipinski definition) is 1. The summed E-state index contributed by atoms with van der Waals surface area (Å²) in [5, 5.41) is 4.75. The van der Waals surface area contributed by atoms with Gasteiger partial charge in [0.25, 0.3) is 0 Å². The van der Waals surface area contributed by atoms with E-state index < -0.39 is 0 Å². The molecule has 0 atom stereocenters. The van der Waals surface area contributed by atoms with E-state index in [1.165, 1.54) is 27.6 Å². The quantitative estimate of drug-likeness (QED) is 0.725. The van der Waals surface area contributed by atoms with Crippen LogP contribution in [-0.2, 0) is 13.1 Å². The molecule has 0 saturated heterocycles. The first-order chi connectivity index (χ1) is 9.31. The van der Waals surface area contributed by atoms with Gasteiger partial charge in [0.05, 0.1) is 0 Å². The van der Waals surface area contributed by atoms with Gasteiger partial charge in [0.15, 0.2) is 0 Å². The molecule has 0 radical (unpaired) electrons. The van der Waals surface area contributed by atoms with E-state index in [1.54, 1.807) is 0 Å². The van der Waals surface area contributed by atoms with Crippen LogP contribution in [0.4, 0.5) is 0 Å². The molecule has 2 nitrogen and oxygen atoms in total. The fourth-order valence-corrected chi connectivity index (χ4v) is 2.26. The SMILES string of the molecule is Cc1ccc(CNCc2ccc3cc[nH]c3c2)cc1. The molecule has 19 heavy (non-hydrogen) atoms. The molecule has 3 rings (SSSR count). The molecule has 0 bridgehead atoms. The molecule has 0 aliphatic carbocycles. The van der Waals surface area contributed by atoms with Crippen LogP contribution in [0.5, 0.6) is 0 Å². The van der Waals surface area contributed by atoms with Crippen LogP contribution in [0, 0.1) is 6.92 Å². The summed E-state index contributed by atoms with van der Waals surface area (Å²) in [7, 11) is 0. The van der Waals surface area contributed by atoms with Gasteiger partial charge in [-0.25, -0.2) is 0 Å². The average molecular weight is 250 g/mol. The van der Waals surface area contributed by atoms with Crippen molar-refractivity contribution in [2.75, 3.05) is 0 Å². The number of aromatic nitrogens is 1. The molecule has 0 fully saturated rings. The topological polar surface area (TPSA) is 27.8 Å². The monoisotopic (exact) mass is 250 g/mol. The Morgan fingerprint density at radius 1 is 0.895 bits per heavy atom. The molecule has 1 aromatic heterocycles. The summed E-state index contributed by atoms with van der Waals surface area (Å²) in [6.07, 6.45) is 1.98. The molecule has 1 heterocycles. The summed E-state index contributed by atoms with van der Waals surface area (Å²) in [6, 6.07) is 17.3. The highest BCUT2D eigenvalue weighted by Crippen LogP contribution is 2.14. The number of aromatic amines is 1. The molecule has 0 amide bonds. The Kier molecular flexibility index (Phi) is 3.34. The maximum atomic E-state index is 3.48. The summed E-state index contributed by atoms with van der Waals surface area (Å²) < 4.78 is 0. The van der Waals surface area contributed by atoms with Gasteiger partial charge in [-0.05, 0) is 35.6 Å². The van der Waals surface area contributed by atoms with Crippen LogP contribution in [-0.4, -0.2) is 4.98 Å². The molecule has 0 spiro atoms. The molecule has 3 aromatic rings. The van der Waals surface area contributed by atoms with Gasteiger partial charge < -0.3 is 10.3 Å². The molecular weight excluding hydrogens is 232 g/mol. The molecule has 0 aliphatic heterocycles. The standard InChI is InChI=1S/C17H18N2/c1-13-2-4-14(5-3-13)11-18-12-15-6-7-16-8-9-19-17(16)10-15/h2-10,18-19H,11-12H2,1H3. The Labute approximate surface area is 113 Å². The van der Waals surface area contributed by atoms with Gasteiger partial charge in [-0.3, -0.25) is 0 Å². The van der Waals surface area contributed by atoms with Crippen molar-refractivity contribution in [2.45, 2.75) is 20.0 Å². The zero-order valence-electron chi connectivity index (χ0n) is 11.1. The molecule has 2 aromatic carbocycles. The van der Waals surface area contributed by atoms with Crippen molar-refractivity contribution in [1.82, 2.24) is 10.3 Å². The van der Waals surface area contributed by atoms with Gasteiger partial charge >= 0.3 is 0 Å². The van der Waals surface area contributed by atoms with Crippen LogP contribution in [0.3, 0.4) is 0 Å². The average Bonchev–Trinajstić information content (AvgIpc) is 2.88. The van der Waals surface area contributed by atoms with E-state index in [4.69, 9.17) is 0 Å². The van der Waals surface area contributed by atoms with Crippen molar-refractivity contribution >= 4 is 10.9 Å². The van der Waals surface area contributed by atoms with Crippen molar-refractivity contribution in [1.29, 1.82) is 0 Å². The van der Waals surface area contributed by atoms with Crippen molar-refractivity contribution < 1.29 is 0 Å². The minimum atomic E-state index is 0.892. The lowest BCUT2D eigenvalue weighted by Crippen LogP contribution is -2.12. The second-order valence-corrected chi connectivity index (χ2v) is 4.99. The first kappa shape index (κ1) is 12.0. The molecule has 2 N–H and O–H groups in total. The number of benzene rings is 2. The second kappa shape index (κ2) is 5.29. The minimum Gasteiger partial charge on any atom is -0.361 e. The first-order valence-electron chi connectivity index (χ1n) is 6.63. The highest BCUT2D eigenvalue weighted by molar-refractivity contribution is 5.79. The van der Waals surface area contributed by atoms with Crippen LogP contribution < -0.4 is 5.32 Å². The van der Waals surface area contributed by atoms with Crippen LogP contribution in [0.25, 0.3) is 10.9 Å².